The molecule has 0 aromatic heterocycles. The van der Waals surface area contributed by atoms with Crippen molar-refractivity contribution in [3.63, 3.8) is 0 Å². The largest absolute Gasteiger partial charge is 0.381 e. The molecule has 2 aliphatic rings. The maximum atomic E-state index is 5.44. The Morgan fingerprint density at radius 1 is 1.20 bits per heavy atom. The van der Waals surface area contributed by atoms with E-state index in [4.69, 9.17) is 4.74 Å². The van der Waals surface area contributed by atoms with Gasteiger partial charge in [0.1, 0.15) is 0 Å². The minimum atomic E-state index is 0.636. The van der Waals surface area contributed by atoms with Crippen molar-refractivity contribution >= 4 is 0 Å². The number of hydrogen-bond donors (Lipinski definition) is 1. The van der Waals surface area contributed by atoms with E-state index in [9.17, 15) is 0 Å². The molecule has 0 aromatic carbocycles. The maximum Gasteiger partial charge on any atom is 0.0468 e. The van der Waals surface area contributed by atoms with Crippen LogP contribution in [0.2, 0.25) is 0 Å². The summed E-state index contributed by atoms with van der Waals surface area (Å²) in [5, 5.41) is 3.41. The standard InChI is InChI=1S/C13H25NO/c1-14-11-13(6-2-3-7-13)10-12-4-8-15-9-5-12/h12,14H,2-11H2,1H3. The number of rotatable bonds is 4. The lowest BCUT2D eigenvalue weighted by Gasteiger charge is -2.34. The highest BCUT2D eigenvalue weighted by Gasteiger charge is 2.35. The maximum absolute atomic E-state index is 5.44. The van der Waals surface area contributed by atoms with Gasteiger partial charge >= 0.3 is 0 Å². The predicted molar refractivity (Wildman–Crippen MR) is 63.0 cm³/mol. The Morgan fingerprint density at radius 3 is 2.47 bits per heavy atom. The van der Waals surface area contributed by atoms with Crippen LogP contribution in [0.4, 0.5) is 0 Å². The van der Waals surface area contributed by atoms with Gasteiger partial charge in [-0.2, -0.15) is 0 Å². The van der Waals surface area contributed by atoms with Crippen LogP contribution in [0, 0.1) is 11.3 Å². The fourth-order valence-corrected chi connectivity index (χ4v) is 3.52. The van der Waals surface area contributed by atoms with Crippen molar-refractivity contribution in [1.29, 1.82) is 0 Å². The fraction of sp³-hybridized carbons (Fsp3) is 1.00. The van der Waals surface area contributed by atoms with E-state index < -0.39 is 0 Å². The summed E-state index contributed by atoms with van der Waals surface area (Å²) in [6, 6.07) is 0. The van der Waals surface area contributed by atoms with Gasteiger partial charge in [-0.25, -0.2) is 0 Å². The summed E-state index contributed by atoms with van der Waals surface area (Å²) in [4.78, 5) is 0. The van der Waals surface area contributed by atoms with Crippen molar-refractivity contribution in [2.45, 2.75) is 44.9 Å². The zero-order chi connectivity index (χ0) is 10.6. The molecule has 2 fully saturated rings. The van der Waals surface area contributed by atoms with Crippen LogP contribution >= 0.6 is 0 Å². The highest BCUT2D eigenvalue weighted by Crippen LogP contribution is 2.44. The quantitative estimate of drug-likeness (QED) is 0.771. The lowest BCUT2D eigenvalue weighted by Crippen LogP contribution is -2.33. The summed E-state index contributed by atoms with van der Waals surface area (Å²) in [5.41, 5.74) is 0.636. The minimum Gasteiger partial charge on any atom is -0.381 e. The zero-order valence-corrected chi connectivity index (χ0v) is 10.1. The Hall–Kier alpha value is -0.0800. The van der Waals surface area contributed by atoms with Crippen LogP contribution in [-0.2, 0) is 4.74 Å². The first-order valence-corrected chi connectivity index (χ1v) is 6.57. The topological polar surface area (TPSA) is 21.3 Å². The van der Waals surface area contributed by atoms with Gasteiger partial charge in [0.25, 0.3) is 0 Å². The van der Waals surface area contributed by atoms with Crippen molar-refractivity contribution in [2.75, 3.05) is 26.8 Å². The molecule has 1 aliphatic heterocycles. The Morgan fingerprint density at radius 2 is 1.87 bits per heavy atom. The molecular weight excluding hydrogens is 186 g/mol. The van der Waals surface area contributed by atoms with Crippen molar-refractivity contribution in [3.05, 3.63) is 0 Å². The molecule has 0 atom stereocenters. The second kappa shape index (κ2) is 5.31. The molecule has 1 saturated heterocycles. The molecule has 88 valence electrons. The van der Waals surface area contributed by atoms with E-state index in [2.05, 4.69) is 12.4 Å². The van der Waals surface area contributed by atoms with Crippen molar-refractivity contribution in [2.24, 2.45) is 11.3 Å². The van der Waals surface area contributed by atoms with Gasteiger partial charge < -0.3 is 10.1 Å². The third-order valence-electron chi connectivity index (χ3n) is 4.28. The predicted octanol–water partition coefficient (Wildman–Crippen LogP) is 2.58. The van der Waals surface area contributed by atoms with Crippen LogP contribution in [0.3, 0.4) is 0 Å². The SMILES string of the molecule is CNCC1(CC2CCOCC2)CCCC1. The summed E-state index contributed by atoms with van der Waals surface area (Å²) >= 11 is 0. The van der Waals surface area contributed by atoms with Crippen LogP contribution in [0.25, 0.3) is 0 Å². The molecular formula is C13H25NO. The highest BCUT2D eigenvalue weighted by atomic mass is 16.5. The first-order chi connectivity index (χ1) is 7.35. The molecule has 1 saturated carbocycles. The van der Waals surface area contributed by atoms with E-state index in [1.165, 1.54) is 51.5 Å². The van der Waals surface area contributed by atoms with Crippen molar-refractivity contribution in [3.8, 4) is 0 Å². The third kappa shape index (κ3) is 2.94. The van der Waals surface area contributed by atoms with E-state index in [1.54, 1.807) is 0 Å². The first-order valence-electron chi connectivity index (χ1n) is 6.57. The molecule has 1 heterocycles. The molecule has 15 heavy (non-hydrogen) atoms. The van der Waals surface area contributed by atoms with E-state index in [-0.39, 0.29) is 0 Å². The number of hydrogen-bond acceptors (Lipinski definition) is 2. The van der Waals surface area contributed by atoms with Crippen LogP contribution in [0.1, 0.15) is 44.9 Å². The summed E-state index contributed by atoms with van der Waals surface area (Å²) < 4.78 is 5.44. The average molecular weight is 211 g/mol. The summed E-state index contributed by atoms with van der Waals surface area (Å²) in [6.07, 6.45) is 9.83. The van der Waals surface area contributed by atoms with Crippen molar-refractivity contribution in [1.82, 2.24) is 5.32 Å². The van der Waals surface area contributed by atoms with E-state index in [1.807, 2.05) is 0 Å². The van der Waals surface area contributed by atoms with Crippen LogP contribution in [0.5, 0.6) is 0 Å². The average Bonchev–Trinajstić information content (AvgIpc) is 2.69. The molecule has 0 spiro atoms. The summed E-state index contributed by atoms with van der Waals surface area (Å²) in [7, 11) is 2.10. The molecule has 1 aliphatic carbocycles. The van der Waals surface area contributed by atoms with Gasteiger partial charge in [0.2, 0.25) is 0 Å². The summed E-state index contributed by atoms with van der Waals surface area (Å²) in [6.45, 7) is 3.23. The first kappa shape index (κ1) is 11.4. The van der Waals surface area contributed by atoms with Gasteiger partial charge in [0.15, 0.2) is 0 Å². The highest BCUT2D eigenvalue weighted by molar-refractivity contribution is 4.88. The molecule has 0 unspecified atom stereocenters. The Bertz CT molecular complexity index is 181. The Balaban J connectivity index is 1.87. The van der Waals surface area contributed by atoms with Gasteiger partial charge in [-0.3, -0.25) is 0 Å². The molecule has 0 radical (unpaired) electrons. The normalized spacial score (nSPS) is 27.0. The number of nitrogens with one attached hydrogen (secondary N) is 1. The van der Waals surface area contributed by atoms with Gasteiger partial charge in [-0.05, 0) is 50.5 Å². The zero-order valence-electron chi connectivity index (χ0n) is 10.1. The van der Waals surface area contributed by atoms with E-state index in [0.717, 1.165) is 19.1 Å². The molecule has 2 nitrogen and oxygen atoms in total. The Kier molecular flexibility index (Phi) is 4.04. The second-order valence-electron chi connectivity index (χ2n) is 5.50. The van der Waals surface area contributed by atoms with E-state index in [0.29, 0.717) is 5.41 Å². The van der Waals surface area contributed by atoms with Gasteiger partial charge in [0, 0.05) is 19.8 Å². The number of ether oxygens (including phenoxy) is 1. The lowest BCUT2D eigenvalue weighted by molar-refractivity contribution is 0.0472. The van der Waals surface area contributed by atoms with Crippen molar-refractivity contribution < 1.29 is 4.74 Å². The van der Waals surface area contributed by atoms with Crippen LogP contribution in [-0.4, -0.2) is 26.8 Å². The lowest BCUT2D eigenvalue weighted by atomic mass is 9.75. The van der Waals surface area contributed by atoms with Gasteiger partial charge in [0.05, 0.1) is 0 Å². The molecule has 0 amide bonds. The fourth-order valence-electron chi connectivity index (χ4n) is 3.52. The smallest absolute Gasteiger partial charge is 0.0468 e. The molecule has 0 bridgehead atoms. The molecule has 1 N–H and O–H groups in total. The van der Waals surface area contributed by atoms with Gasteiger partial charge in [-0.15, -0.1) is 0 Å². The minimum absolute atomic E-state index is 0.636. The molecule has 0 aromatic rings. The molecule has 2 rings (SSSR count). The summed E-state index contributed by atoms with van der Waals surface area (Å²) in [5.74, 6) is 0.935. The van der Waals surface area contributed by atoms with Crippen LogP contribution < -0.4 is 5.32 Å². The Labute approximate surface area is 93.8 Å². The van der Waals surface area contributed by atoms with Crippen LogP contribution in [0.15, 0.2) is 0 Å². The van der Waals surface area contributed by atoms with E-state index >= 15 is 0 Å². The molecule has 2 heteroatoms. The van der Waals surface area contributed by atoms with Gasteiger partial charge in [-0.1, -0.05) is 12.8 Å². The second-order valence-corrected chi connectivity index (χ2v) is 5.50. The third-order valence-corrected chi connectivity index (χ3v) is 4.28. The monoisotopic (exact) mass is 211 g/mol.